The molecule has 1 aliphatic rings. The number of sulfonamides is 1. The van der Waals surface area contributed by atoms with E-state index in [1.165, 1.54) is 0 Å². The second kappa shape index (κ2) is 5.47. The van der Waals surface area contributed by atoms with Gasteiger partial charge in [-0.15, -0.1) is 0 Å². The zero-order chi connectivity index (χ0) is 15.0. The molecule has 0 amide bonds. The molecule has 1 saturated carbocycles. The highest BCUT2D eigenvalue weighted by Crippen LogP contribution is 2.26. The fraction of sp³-hybridized carbons (Fsp3) is 0.600. The first-order valence-electron chi connectivity index (χ1n) is 7.06. The number of hydrogen-bond acceptors (Lipinski definition) is 3. The Morgan fingerprint density at radius 2 is 1.90 bits per heavy atom. The molecule has 20 heavy (non-hydrogen) atoms. The molecule has 0 saturated heterocycles. The van der Waals surface area contributed by atoms with Crippen molar-refractivity contribution in [1.29, 1.82) is 0 Å². The van der Waals surface area contributed by atoms with Gasteiger partial charge in [-0.05, 0) is 36.3 Å². The minimum absolute atomic E-state index is 0.0548. The fourth-order valence-electron chi connectivity index (χ4n) is 1.96. The van der Waals surface area contributed by atoms with Crippen molar-refractivity contribution in [3.63, 3.8) is 0 Å². The molecule has 0 aromatic heterocycles. The van der Waals surface area contributed by atoms with Crippen LogP contribution in [0.1, 0.15) is 39.2 Å². The highest BCUT2D eigenvalue weighted by Gasteiger charge is 2.30. The Morgan fingerprint density at radius 1 is 1.30 bits per heavy atom. The van der Waals surface area contributed by atoms with E-state index in [2.05, 4.69) is 25.5 Å². The van der Waals surface area contributed by atoms with Crippen molar-refractivity contribution in [1.82, 2.24) is 4.72 Å². The highest BCUT2D eigenvalue weighted by atomic mass is 32.2. The van der Waals surface area contributed by atoms with Gasteiger partial charge in [-0.2, -0.15) is 0 Å². The average Bonchev–Trinajstić information content (AvgIpc) is 3.11. The minimum atomic E-state index is -3.42. The van der Waals surface area contributed by atoms with Crippen LogP contribution in [0, 0.1) is 5.41 Å². The lowest BCUT2D eigenvalue weighted by molar-refractivity contribution is 0.317. The first kappa shape index (κ1) is 15.5. The first-order valence-corrected chi connectivity index (χ1v) is 8.54. The summed E-state index contributed by atoms with van der Waals surface area (Å²) in [5.74, 6) is 0. The number of nitrogens with one attached hydrogen (secondary N) is 1. The first-order chi connectivity index (χ1) is 9.20. The lowest BCUT2D eigenvalue weighted by Gasteiger charge is -2.27. The van der Waals surface area contributed by atoms with Gasteiger partial charge in [0.1, 0.15) is 0 Å². The van der Waals surface area contributed by atoms with E-state index in [-0.39, 0.29) is 17.5 Å². The van der Waals surface area contributed by atoms with Crippen LogP contribution in [-0.4, -0.2) is 20.5 Å². The molecule has 0 spiro atoms. The Bertz CT molecular complexity index is 572. The van der Waals surface area contributed by atoms with Gasteiger partial charge in [0, 0.05) is 12.1 Å². The molecule has 112 valence electrons. The highest BCUT2D eigenvalue weighted by molar-refractivity contribution is 7.89. The number of hydrogen-bond donors (Lipinski definition) is 2. The van der Waals surface area contributed by atoms with Crippen LogP contribution in [0.25, 0.3) is 0 Å². The van der Waals surface area contributed by atoms with Crippen molar-refractivity contribution in [2.24, 2.45) is 11.1 Å². The van der Waals surface area contributed by atoms with Crippen molar-refractivity contribution in [3.8, 4) is 0 Å². The van der Waals surface area contributed by atoms with Crippen molar-refractivity contribution in [2.75, 3.05) is 0 Å². The third-order valence-electron chi connectivity index (χ3n) is 3.71. The molecular weight excluding hydrogens is 272 g/mol. The van der Waals surface area contributed by atoms with Crippen molar-refractivity contribution in [2.45, 2.75) is 57.0 Å². The Morgan fingerprint density at radius 3 is 2.45 bits per heavy atom. The van der Waals surface area contributed by atoms with Crippen LogP contribution < -0.4 is 10.5 Å². The summed E-state index contributed by atoms with van der Waals surface area (Å²) in [5, 5.41) is 0. The second-order valence-corrected chi connectivity index (χ2v) is 8.36. The molecule has 0 heterocycles. The van der Waals surface area contributed by atoms with Crippen molar-refractivity contribution in [3.05, 3.63) is 29.8 Å². The van der Waals surface area contributed by atoms with Crippen LogP contribution in [-0.2, 0) is 16.4 Å². The van der Waals surface area contributed by atoms with Crippen LogP contribution in [0.2, 0.25) is 0 Å². The quantitative estimate of drug-likeness (QED) is 0.873. The Kier molecular flexibility index (Phi) is 4.23. The molecule has 4 nitrogen and oxygen atoms in total. The average molecular weight is 296 g/mol. The molecule has 0 radical (unpaired) electrons. The predicted octanol–water partition coefficient (Wildman–Crippen LogP) is 2.04. The molecule has 1 unspecified atom stereocenters. The van der Waals surface area contributed by atoms with Gasteiger partial charge in [-0.25, -0.2) is 13.1 Å². The van der Waals surface area contributed by atoms with Crippen LogP contribution in [0.3, 0.4) is 0 Å². The zero-order valence-corrected chi connectivity index (χ0v) is 13.2. The minimum Gasteiger partial charge on any atom is -0.327 e. The van der Waals surface area contributed by atoms with Gasteiger partial charge >= 0.3 is 0 Å². The summed E-state index contributed by atoms with van der Waals surface area (Å²) in [6.45, 7) is 6.20. The fourth-order valence-corrected chi connectivity index (χ4v) is 3.52. The number of benzene rings is 1. The number of nitrogens with two attached hydrogens (primary N) is 1. The molecular formula is C15H24N2O2S. The van der Waals surface area contributed by atoms with Gasteiger partial charge < -0.3 is 5.73 Å². The van der Waals surface area contributed by atoms with Gasteiger partial charge in [-0.1, -0.05) is 39.0 Å². The van der Waals surface area contributed by atoms with E-state index in [4.69, 9.17) is 5.73 Å². The normalized spacial score (nSPS) is 18.0. The Hall–Kier alpha value is -0.910. The lowest BCUT2D eigenvalue weighted by atomic mass is 9.84. The molecule has 1 aliphatic carbocycles. The molecule has 1 atom stereocenters. The maximum absolute atomic E-state index is 12.4. The van der Waals surface area contributed by atoms with E-state index in [1.54, 1.807) is 12.1 Å². The summed E-state index contributed by atoms with van der Waals surface area (Å²) in [5.41, 5.74) is 6.93. The van der Waals surface area contributed by atoms with E-state index in [9.17, 15) is 8.42 Å². The third kappa shape index (κ3) is 3.81. The van der Waals surface area contributed by atoms with Crippen molar-refractivity contribution >= 4 is 10.0 Å². The van der Waals surface area contributed by atoms with Gasteiger partial charge in [0.25, 0.3) is 0 Å². The maximum Gasteiger partial charge on any atom is 0.241 e. The molecule has 0 bridgehead atoms. The van der Waals surface area contributed by atoms with Gasteiger partial charge in [0.15, 0.2) is 0 Å². The van der Waals surface area contributed by atoms with Crippen LogP contribution in [0.15, 0.2) is 29.2 Å². The Balaban J connectivity index is 2.26. The standard InChI is InChI=1S/C15H24N2O2S/c1-15(2,3)14(16)10-11-6-4-5-7-13(11)20(18,19)17-12-8-9-12/h4-7,12,14,17H,8-10,16H2,1-3H3. The van der Waals surface area contributed by atoms with E-state index in [0.29, 0.717) is 11.3 Å². The summed E-state index contributed by atoms with van der Waals surface area (Å²) in [6, 6.07) is 7.17. The Labute approximate surface area is 121 Å². The van der Waals surface area contributed by atoms with E-state index < -0.39 is 10.0 Å². The molecule has 2 rings (SSSR count). The predicted molar refractivity (Wildman–Crippen MR) is 80.9 cm³/mol. The monoisotopic (exact) mass is 296 g/mol. The van der Waals surface area contributed by atoms with Crippen LogP contribution in [0.5, 0.6) is 0 Å². The van der Waals surface area contributed by atoms with Crippen LogP contribution >= 0.6 is 0 Å². The van der Waals surface area contributed by atoms with Crippen molar-refractivity contribution < 1.29 is 8.42 Å². The molecule has 1 aromatic carbocycles. The van der Waals surface area contributed by atoms with Gasteiger partial charge in [0.2, 0.25) is 10.0 Å². The van der Waals surface area contributed by atoms with Gasteiger partial charge in [-0.3, -0.25) is 0 Å². The summed E-state index contributed by atoms with van der Waals surface area (Å²) in [7, 11) is -3.42. The molecule has 5 heteroatoms. The van der Waals surface area contributed by atoms with Gasteiger partial charge in [0.05, 0.1) is 4.90 Å². The second-order valence-electron chi connectivity index (χ2n) is 6.68. The molecule has 1 fully saturated rings. The van der Waals surface area contributed by atoms with E-state index in [0.717, 1.165) is 18.4 Å². The topological polar surface area (TPSA) is 72.2 Å². The lowest BCUT2D eigenvalue weighted by Crippen LogP contribution is -2.37. The summed E-state index contributed by atoms with van der Waals surface area (Å²) < 4.78 is 27.5. The van der Waals surface area contributed by atoms with E-state index in [1.807, 2.05) is 12.1 Å². The third-order valence-corrected chi connectivity index (χ3v) is 5.33. The SMILES string of the molecule is CC(C)(C)C(N)Cc1ccccc1S(=O)(=O)NC1CC1. The zero-order valence-electron chi connectivity index (χ0n) is 12.4. The summed E-state index contributed by atoms with van der Waals surface area (Å²) in [4.78, 5) is 0.367. The number of rotatable bonds is 5. The molecule has 3 N–H and O–H groups in total. The summed E-state index contributed by atoms with van der Waals surface area (Å²) in [6.07, 6.45) is 2.43. The summed E-state index contributed by atoms with van der Waals surface area (Å²) >= 11 is 0. The van der Waals surface area contributed by atoms with E-state index >= 15 is 0 Å². The molecule has 1 aromatic rings. The largest absolute Gasteiger partial charge is 0.327 e. The smallest absolute Gasteiger partial charge is 0.241 e. The maximum atomic E-state index is 12.4. The molecule has 0 aliphatic heterocycles. The van der Waals surface area contributed by atoms with Crippen LogP contribution in [0.4, 0.5) is 0 Å².